The van der Waals surface area contributed by atoms with Gasteiger partial charge >= 0.3 is 0 Å². The van der Waals surface area contributed by atoms with Gasteiger partial charge in [-0.25, -0.2) is 0 Å². The summed E-state index contributed by atoms with van der Waals surface area (Å²) in [4.78, 5) is 0. The SMILES string of the molecule is CNC1CCC(OCCCOc2ccccc2)CC1. The number of ether oxygens (including phenoxy) is 2. The first-order chi connectivity index (χ1) is 9.38. The lowest BCUT2D eigenvalue weighted by Crippen LogP contribution is -2.33. The van der Waals surface area contributed by atoms with Crippen molar-refractivity contribution in [2.24, 2.45) is 0 Å². The first-order valence-corrected chi connectivity index (χ1v) is 7.35. The minimum Gasteiger partial charge on any atom is -0.494 e. The number of benzene rings is 1. The van der Waals surface area contributed by atoms with E-state index < -0.39 is 0 Å². The van der Waals surface area contributed by atoms with E-state index in [2.05, 4.69) is 5.32 Å². The fourth-order valence-electron chi connectivity index (χ4n) is 2.53. The van der Waals surface area contributed by atoms with Crippen LogP contribution >= 0.6 is 0 Å². The highest BCUT2D eigenvalue weighted by atomic mass is 16.5. The van der Waals surface area contributed by atoms with E-state index in [1.807, 2.05) is 37.4 Å². The molecule has 0 radical (unpaired) electrons. The van der Waals surface area contributed by atoms with Crippen molar-refractivity contribution < 1.29 is 9.47 Å². The normalized spacial score (nSPS) is 23.2. The molecule has 2 rings (SSSR count). The monoisotopic (exact) mass is 263 g/mol. The van der Waals surface area contributed by atoms with Gasteiger partial charge in [-0.05, 0) is 44.9 Å². The van der Waals surface area contributed by atoms with E-state index in [9.17, 15) is 0 Å². The van der Waals surface area contributed by atoms with Crippen LogP contribution in [-0.2, 0) is 4.74 Å². The fourth-order valence-corrected chi connectivity index (χ4v) is 2.53. The molecule has 0 aromatic heterocycles. The largest absolute Gasteiger partial charge is 0.494 e. The van der Waals surface area contributed by atoms with Crippen LogP contribution in [0.4, 0.5) is 0 Å². The molecule has 19 heavy (non-hydrogen) atoms. The minimum absolute atomic E-state index is 0.460. The van der Waals surface area contributed by atoms with Gasteiger partial charge in [-0.1, -0.05) is 18.2 Å². The Hall–Kier alpha value is -1.06. The summed E-state index contributed by atoms with van der Waals surface area (Å²) in [6.07, 6.45) is 6.27. The topological polar surface area (TPSA) is 30.5 Å². The molecule has 0 atom stereocenters. The molecule has 1 N–H and O–H groups in total. The Labute approximate surface area is 116 Å². The predicted octanol–water partition coefficient (Wildman–Crippen LogP) is 3.00. The van der Waals surface area contributed by atoms with Gasteiger partial charge < -0.3 is 14.8 Å². The Morgan fingerprint density at radius 2 is 1.79 bits per heavy atom. The Kier molecular flexibility index (Phi) is 6.18. The summed E-state index contributed by atoms with van der Waals surface area (Å²) in [6.45, 7) is 1.54. The Bertz CT molecular complexity index is 334. The van der Waals surface area contributed by atoms with Gasteiger partial charge in [-0.2, -0.15) is 0 Å². The molecule has 3 heteroatoms. The Balaban J connectivity index is 1.51. The second-order valence-corrected chi connectivity index (χ2v) is 5.15. The first kappa shape index (κ1) is 14.4. The van der Waals surface area contributed by atoms with E-state index in [1.54, 1.807) is 0 Å². The molecule has 1 aliphatic carbocycles. The quantitative estimate of drug-likeness (QED) is 0.767. The van der Waals surface area contributed by atoms with Crippen molar-refractivity contribution in [1.29, 1.82) is 0 Å². The number of hydrogen-bond donors (Lipinski definition) is 1. The van der Waals surface area contributed by atoms with Crippen molar-refractivity contribution in [3.63, 3.8) is 0 Å². The molecular weight excluding hydrogens is 238 g/mol. The van der Waals surface area contributed by atoms with Crippen molar-refractivity contribution in [3.8, 4) is 5.75 Å². The lowest BCUT2D eigenvalue weighted by atomic mass is 9.93. The molecule has 1 aliphatic rings. The molecule has 1 aromatic rings. The molecule has 1 saturated carbocycles. The summed E-state index contributed by atoms with van der Waals surface area (Å²) in [6, 6.07) is 10.6. The molecule has 0 spiro atoms. The van der Waals surface area contributed by atoms with Crippen LogP contribution in [0.5, 0.6) is 5.75 Å². The lowest BCUT2D eigenvalue weighted by molar-refractivity contribution is 0.0176. The van der Waals surface area contributed by atoms with Crippen molar-refractivity contribution >= 4 is 0 Å². The Morgan fingerprint density at radius 3 is 2.47 bits per heavy atom. The smallest absolute Gasteiger partial charge is 0.119 e. The van der Waals surface area contributed by atoms with Gasteiger partial charge in [0.05, 0.1) is 19.3 Å². The van der Waals surface area contributed by atoms with E-state index in [0.717, 1.165) is 25.4 Å². The van der Waals surface area contributed by atoms with E-state index in [4.69, 9.17) is 9.47 Å². The average Bonchev–Trinajstić information content (AvgIpc) is 2.49. The maximum Gasteiger partial charge on any atom is 0.119 e. The molecule has 3 nitrogen and oxygen atoms in total. The molecular formula is C16H25NO2. The van der Waals surface area contributed by atoms with Gasteiger partial charge in [-0.3, -0.25) is 0 Å². The molecule has 0 bridgehead atoms. The number of rotatable bonds is 7. The molecule has 0 heterocycles. The summed E-state index contributed by atoms with van der Waals surface area (Å²) in [5.74, 6) is 0.942. The second kappa shape index (κ2) is 8.18. The third-order valence-electron chi connectivity index (χ3n) is 3.74. The Morgan fingerprint density at radius 1 is 1.05 bits per heavy atom. The number of hydrogen-bond acceptors (Lipinski definition) is 3. The number of para-hydroxylation sites is 1. The summed E-state index contributed by atoms with van der Waals surface area (Å²) < 4.78 is 11.5. The van der Waals surface area contributed by atoms with E-state index >= 15 is 0 Å². The molecule has 1 aromatic carbocycles. The fraction of sp³-hybridized carbons (Fsp3) is 0.625. The van der Waals surface area contributed by atoms with Gasteiger partial charge in [-0.15, -0.1) is 0 Å². The zero-order valence-corrected chi connectivity index (χ0v) is 11.8. The molecule has 0 amide bonds. The second-order valence-electron chi connectivity index (χ2n) is 5.15. The molecule has 0 saturated heterocycles. The van der Waals surface area contributed by atoms with Gasteiger partial charge in [0.15, 0.2) is 0 Å². The predicted molar refractivity (Wildman–Crippen MR) is 77.6 cm³/mol. The van der Waals surface area contributed by atoms with Gasteiger partial charge in [0.1, 0.15) is 5.75 Å². The molecule has 0 aliphatic heterocycles. The van der Waals surface area contributed by atoms with Crippen LogP contribution in [0.15, 0.2) is 30.3 Å². The van der Waals surface area contributed by atoms with Gasteiger partial charge in [0.2, 0.25) is 0 Å². The van der Waals surface area contributed by atoms with Crippen LogP contribution in [0.2, 0.25) is 0 Å². The minimum atomic E-state index is 0.460. The lowest BCUT2D eigenvalue weighted by Gasteiger charge is -2.28. The van der Waals surface area contributed by atoms with Crippen LogP contribution < -0.4 is 10.1 Å². The highest BCUT2D eigenvalue weighted by molar-refractivity contribution is 5.20. The zero-order valence-electron chi connectivity index (χ0n) is 11.8. The maximum absolute atomic E-state index is 5.91. The zero-order chi connectivity index (χ0) is 13.3. The highest BCUT2D eigenvalue weighted by Gasteiger charge is 2.19. The van der Waals surface area contributed by atoms with Crippen molar-refractivity contribution in [2.45, 2.75) is 44.2 Å². The van der Waals surface area contributed by atoms with Crippen LogP contribution in [0, 0.1) is 0 Å². The number of nitrogens with one attached hydrogen (secondary N) is 1. The van der Waals surface area contributed by atoms with Crippen LogP contribution in [0.25, 0.3) is 0 Å². The van der Waals surface area contributed by atoms with Crippen LogP contribution in [0.1, 0.15) is 32.1 Å². The summed E-state index contributed by atoms with van der Waals surface area (Å²) in [7, 11) is 2.05. The van der Waals surface area contributed by atoms with Gasteiger partial charge in [0.25, 0.3) is 0 Å². The molecule has 1 fully saturated rings. The van der Waals surface area contributed by atoms with E-state index in [0.29, 0.717) is 12.1 Å². The summed E-state index contributed by atoms with van der Waals surface area (Å²) in [5, 5.41) is 3.34. The molecule has 0 unspecified atom stereocenters. The van der Waals surface area contributed by atoms with Crippen LogP contribution in [-0.4, -0.2) is 32.4 Å². The van der Waals surface area contributed by atoms with Crippen molar-refractivity contribution in [3.05, 3.63) is 30.3 Å². The summed E-state index contributed by atoms with van der Waals surface area (Å²) >= 11 is 0. The van der Waals surface area contributed by atoms with Crippen LogP contribution in [0.3, 0.4) is 0 Å². The average molecular weight is 263 g/mol. The van der Waals surface area contributed by atoms with Crippen molar-refractivity contribution in [2.75, 3.05) is 20.3 Å². The maximum atomic E-state index is 5.91. The van der Waals surface area contributed by atoms with Gasteiger partial charge in [0, 0.05) is 12.5 Å². The summed E-state index contributed by atoms with van der Waals surface area (Å²) in [5.41, 5.74) is 0. The van der Waals surface area contributed by atoms with Crippen molar-refractivity contribution in [1.82, 2.24) is 5.32 Å². The third kappa shape index (κ3) is 5.21. The molecule has 106 valence electrons. The standard InChI is InChI=1S/C16H25NO2/c1-17-14-8-10-16(11-9-14)19-13-5-12-18-15-6-3-2-4-7-15/h2-4,6-7,14,16-17H,5,8-13H2,1H3. The highest BCUT2D eigenvalue weighted by Crippen LogP contribution is 2.21. The first-order valence-electron chi connectivity index (χ1n) is 7.35. The third-order valence-corrected chi connectivity index (χ3v) is 3.74. The van der Waals surface area contributed by atoms with E-state index in [-0.39, 0.29) is 0 Å². The van der Waals surface area contributed by atoms with E-state index in [1.165, 1.54) is 25.7 Å².